The number of amides is 3. The zero-order valence-corrected chi connectivity index (χ0v) is 26.2. The Kier molecular flexibility index (Phi) is 24.3. The predicted molar refractivity (Wildman–Crippen MR) is 156 cm³/mol. The molecule has 1 heterocycles. The molecule has 3 amide bonds. The molecule has 1 fully saturated rings. The fourth-order valence-electron chi connectivity index (χ4n) is 3.50. The van der Waals surface area contributed by atoms with Gasteiger partial charge in [-0.2, -0.15) is 0 Å². The topological polar surface area (TPSA) is 175 Å². The maximum Gasteiger partial charge on any atom is 0.334 e. The third-order valence-corrected chi connectivity index (χ3v) is 5.84. The lowest BCUT2D eigenvalue weighted by Gasteiger charge is -2.22. The molecule has 0 aliphatic carbocycles. The van der Waals surface area contributed by atoms with Crippen LogP contribution in [0.5, 0.6) is 0 Å². The van der Waals surface area contributed by atoms with Gasteiger partial charge in [0.25, 0.3) is 11.8 Å². The monoisotopic (exact) mass is 648 g/mol. The molecule has 0 unspecified atom stereocenters. The van der Waals surface area contributed by atoms with Crippen molar-refractivity contribution in [1.82, 2.24) is 9.96 Å². The van der Waals surface area contributed by atoms with Gasteiger partial charge in [-0.3, -0.25) is 19.2 Å². The molecule has 0 aromatic carbocycles. The van der Waals surface area contributed by atoms with Crippen LogP contribution in [0.4, 0.5) is 0 Å². The fraction of sp³-hybridized carbons (Fsp3) is 0.759. The van der Waals surface area contributed by atoms with E-state index in [-0.39, 0.29) is 70.9 Å². The Morgan fingerprint density at radius 1 is 0.667 bits per heavy atom. The molecule has 1 saturated heterocycles. The highest BCUT2D eigenvalue weighted by Crippen LogP contribution is 2.13. The van der Waals surface area contributed by atoms with E-state index in [2.05, 4.69) is 6.58 Å². The molecule has 16 nitrogen and oxygen atoms in total. The van der Waals surface area contributed by atoms with Gasteiger partial charge < -0.3 is 47.6 Å². The number of nitrogens with zero attached hydrogens (tertiary/aromatic N) is 2. The van der Waals surface area contributed by atoms with Crippen molar-refractivity contribution in [2.45, 2.75) is 32.1 Å². The zero-order chi connectivity index (χ0) is 33.0. The lowest BCUT2D eigenvalue weighted by molar-refractivity contribution is -0.197. The molecule has 1 rings (SSSR count). The summed E-state index contributed by atoms with van der Waals surface area (Å²) < 4.78 is 42.2. The summed E-state index contributed by atoms with van der Waals surface area (Å²) in [6, 6.07) is 0. The number of imide groups is 1. The molecule has 1 aliphatic rings. The molecule has 0 bridgehead atoms. The van der Waals surface area contributed by atoms with Gasteiger partial charge in [-0.05, 0) is 0 Å². The summed E-state index contributed by atoms with van der Waals surface area (Å²) in [5.74, 6) is -2.94. The molecule has 0 radical (unpaired) electrons. The number of ether oxygens (including phenoxy) is 8. The average Bonchev–Trinajstić information content (AvgIpc) is 3.34. The second kappa shape index (κ2) is 27.3. The van der Waals surface area contributed by atoms with Crippen molar-refractivity contribution in [3.63, 3.8) is 0 Å². The van der Waals surface area contributed by atoms with Crippen LogP contribution in [0, 0.1) is 0 Å². The number of hydrogen-bond donors (Lipinski definition) is 0. The van der Waals surface area contributed by atoms with Crippen LogP contribution in [0.3, 0.4) is 0 Å². The number of hydrogen-bond acceptors (Lipinski definition) is 14. The third-order valence-electron chi connectivity index (χ3n) is 5.84. The molecule has 0 atom stereocenters. The zero-order valence-electron chi connectivity index (χ0n) is 26.2. The summed E-state index contributed by atoms with van der Waals surface area (Å²) >= 11 is 0. The van der Waals surface area contributed by atoms with Crippen LogP contribution >= 0.6 is 0 Å². The molecule has 0 aromatic heterocycles. The molecule has 0 aromatic rings. The highest BCUT2D eigenvalue weighted by Gasteiger charge is 2.33. The van der Waals surface area contributed by atoms with Crippen molar-refractivity contribution < 1.29 is 66.7 Å². The second-order valence-corrected chi connectivity index (χ2v) is 9.31. The first-order chi connectivity index (χ1) is 21.9. The van der Waals surface area contributed by atoms with Gasteiger partial charge >= 0.3 is 11.9 Å². The lowest BCUT2D eigenvalue weighted by Crippen LogP contribution is -2.37. The Bertz CT molecular complexity index is 856. The van der Waals surface area contributed by atoms with E-state index in [1.807, 2.05) is 0 Å². The van der Waals surface area contributed by atoms with Crippen LogP contribution in [-0.2, 0) is 66.7 Å². The van der Waals surface area contributed by atoms with Crippen molar-refractivity contribution in [2.75, 3.05) is 113 Å². The van der Waals surface area contributed by atoms with E-state index in [0.29, 0.717) is 77.7 Å². The van der Waals surface area contributed by atoms with Crippen LogP contribution < -0.4 is 0 Å². The standard InChI is InChI=1S/C29H48N2O14/c1-3-11-44-28(35)6-9-30(10-7-29(36)45-31-26(33)4-5-27(31)34)25(32)8-12-38-15-16-40-19-20-42-23-24-43-22-21-41-18-17-39-14-13-37-2/h3H,1,4-24H2,2H3. The van der Waals surface area contributed by atoms with E-state index in [1.165, 1.54) is 11.0 Å². The minimum Gasteiger partial charge on any atom is -0.461 e. The number of methoxy groups -OCH3 is 1. The van der Waals surface area contributed by atoms with E-state index < -0.39 is 23.8 Å². The average molecular weight is 649 g/mol. The number of carbonyl (C=O) groups is 5. The van der Waals surface area contributed by atoms with Crippen LogP contribution in [0.25, 0.3) is 0 Å². The molecule has 45 heavy (non-hydrogen) atoms. The minimum absolute atomic E-state index is 0.00326. The smallest absolute Gasteiger partial charge is 0.334 e. The number of hydroxylamine groups is 2. The summed E-state index contributed by atoms with van der Waals surface area (Å²) in [6.07, 6.45) is 0.988. The molecule has 258 valence electrons. The van der Waals surface area contributed by atoms with Crippen LogP contribution in [0.1, 0.15) is 32.1 Å². The first-order valence-corrected chi connectivity index (χ1v) is 14.9. The Labute approximate surface area is 264 Å². The van der Waals surface area contributed by atoms with Gasteiger partial charge in [-0.1, -0.05) is 12.7 Å². The Hall–Kier alpha value is -2.99. The van der Waals surface area contributed by atoms with Crippen LogP contribution in [0.15, 0.2) is 12.7 Å². The summed E-state index contributed by atoms with van der Waals surface area (Å²) in [6.45, 7) is 8.77. The second-order valence-electron chi connectivity index (χ2n) is 9.31. The lowest BCUT2D eigenvalue weighted by atomic mass is 10.3. The van der Waals surface area contributed by atoms with Crippen molar-refractivity contribution in [3.8, 4) is 0 Å². The first kappa shape index (κ1) is 40.0. The summed E-state index contributed by atoms with van der Waals surface area (Å²) in [5, 5.41) is 0.445. The van der Waals surface area contributed by atoms with Gasteiger partial charge in [-0.15, -0.1) is 5.06 Å². The Morgan fingerprint density at radius 2 is 1.09 bits per heavy atom. The Balaban J connectivity index is 2.12. The maximum absolute atomic E-state index is 12.8. The van der Waals surface area contributed by atoms with E-state index in [9.17, 15) is 24.0 Å². The van der Waals surface area contributed by atoms with Gasteiger partial charge in [0.05, 0.1) is 105 Å². The van der Waals surface area contributed by atoms with Crippen molar-refractivity contribution in [1.29, 1.82) is 0 Å². The SMILES string of the molecule is C=CCOC(=O)CCN(CCC(=O)ON1C(=O)CCC1=O)C(=O)CCOCCOCCOCCOCCOCCOCCOC. The Morgan fingerprint density at radius 3 is 1.53 bits per heavy atom. The van der Waals surface area contributed by atoms with Gasteiger partial charge in [0.1, 0.15) is 6.61 Å². The normalized spacial score (nSPS) is 12.9. The summed E-state index contributed by atoms with van der Waals surface area (Å²) in [7, 11) is 1.62. The summed E-state index contributed by atoms with van der Waals surface area (Å²) in [5.41, 5.74) is 0. The predicted octanol–water partition coefficient (Wildman–Crippen LogP) is 0.0677. The number of esters is 1. The third kappa shape index (κ3) is 21.4. The largest absolute Gasteiger partial charge is 0.461 e. The minimum atomic E-state index is -0.850. The van der Waals surface area contributed by atoms with Gasteiger partial charge in [0.2, 0.25) is 5.91 Å². The quantitative estimate of drug-likeness (QED) is 0.0443. The molecule has 0 saturated carbocycles. The van der Waals surface area contributed by atoms with E-state index in [0.717, 1.165) is 0 Å². The van der Waals surface area contributed by atoms with E-state index in [1.54, 1.807) is 7.11 Å². The van der Waals surface area contributed by atoms with Crippen molar-refractivity contribution in [3.05, 3.63) is 12.7 Å². The molecular formula is C29H48N2O14. The highest BCUT2D eigenvalue weighted by atomic mass is 16.7. The van der Waals surface area contributed by atoms with Crippen LogP contribution in [-0.4, -0.2) is 152 Å². The van der Waals surface area contributed by atoms with Gasteiger partial charge in [-0.25, -0.2) is 4.79 Å². The van der Waals surface area contributed by atoms with Crippen molar-refractivity contribution >= 4 is 29.7 Å². The molecule has 16 heteroatoms. The maximum atomic E-state index is 12.8. The molecule has 0 spiro atoms. The van der Waals surface area contributed by atoms with Crippen molar-refractivity contribution in [2.24, 2.45) is 0 Å². The van der Waals surface area contributed by atoms with Gasteiger partial charge in [0.15, 0.2) is 0 Å². The highest BCUT2D eigenvalue weighted by molar-refractivity contribution is 6.01. The van der Waals surface area contributed by atoms with Crippen LogP contribution in [0.2, 0.25) is 0 Å². The van der Waals surface area contributed by atoms with E-state index in [4.69, 9.17) is 42.7 Å². The molecular weight excluding hydrogens is 600 g/mol. The van der Waals surface area contributed by atoms with Gasteiger partial charge in [0, 0.05) is 33.0 Å². The fourth-order valence-corrected chi connectivity index (χ4v) is 3.50. The van der Waals surface area contributed by atoms with E-state index >= 15 is 0 Å². The molecule has 0 N–H and O–H groups in total. The molecule has 1 aliphatic heterocycles. The summed E-state index contributed by atoms with van der Waals surface area (Å²) in [4.78, 5) is 66.2. The number of rotatable bonds is 30. The number of carbonyl (C=O) groups excluding carboxylic acids is 5. The first-order valence-electron chi connectivity index (χ1n) is 14.9.